The minimum absolute atomic E-state index is 0.266. The average Bonchev–Trinajstić information content (AvgIpc) is 1.99. The molecule has 0 aromatic carbocycles. The quantitative estimate of drug-likeness (QED) is 0.661. The second kappa shape index (κ2) is 6.39. The SMILES string of the molecule is CCCC(C)(C)NC(C)CCOC. The van der Waals surface area contributed by atoms with Gasteiger partial charge in [0.25, 0.3) is 0 Å². The van der Waals surface area contributed by atoms with Crippen molar-refractivity contribution in [3.63, 3.8) is 0 Å². The van der Waals surface area contributed by atoms with E-state index in [0.717, 1.165) is 13.0 Å². The van der Waals surface area contributed by atoms with Crippen LogP contribution in [0.1, 0.15) is 47.0 Å². The molecule has 0 aliphatic carbocycles. The molecule has 13 heavy (non-hydrogen) atoms. The third-order valence-corrected chi connectivity index (χ3v) is 2.27. The summed E-state index contributed by atoms with van der Waals surface area (Å²) in [5.41, 5.74) is 0.266. The van der Waals surface area contributed by atoms with E-state index < -0.39 is 0 Å². The molecule has 1 N–H and O–H groups in total. The molecule has 1 unspecified atom stereocenters. The molecule has 0 aliphatic heterocycles. The van der Waals surface area contributed by atoms with Crippen LogP contribution in [0.25, 0.3) is 0 Å². The molecule has 0 radical (unpaired) electrons. The summed E-state index contributed by atoms with van der Waals surface area (Å²) in [5.74, 6) is 0. The number of ether oxygens (including phenoxy) is 1. The van der Waals surface area contributed by atoms with Gasteiger partial charge in [0.1, 0.15) is 0 Å². The van der Waals surface area contributed by atoms with Gasteiger partial charge in [0.15, 0.2) is 0 Å². The highest BCUT2D eigenvalue weighted by Gasteiger charge is 2.18. The predicted octanol–water partition coefficient (Wildman–Crippen LogP) is 2.58. The number of hydrogen-bond donors (Lipinski definition) is 1. The lowest BCUT2D eigenvalue weighted by molar-refractivity contribution is 0.176. The molecule has 0 saturated heterocycles. The molecule has 0 heterocycles. The van der Waals surface area contributed by atoms with E-state index >= 15 is 0 Å². The van der Waals surface area contributed by atoms with Crippen LogP contribution in [-0.4, -0.2) is 25.3 Å². The molecule has 0 amide bonds. The molecular weight excluding hydrogens is 162 g/mol. The van der Waals surface area contributed by atoms with Crippen molar-refractivity contribution < 1.29 is 4.74 Å². The maximum Gasteiger partial charge on any atom is 0.0476 e. The van der Waals surface area contributed by atoms with E-state index in [1.54, 1.807) is 7.11 Å². The maximum absolute atomic E-state index is 5.05. The van der Waals surface area contributed by atoms with E-state index in [2.05, 4.69) is 33.0 Å². The monoisotopic (exact) mass is 187 g/mol. The van der Waals surface area contributed by atoms with Crippen molar-refractivity contribution in [3.8, 4) is 0 Å². The number of methoxy groups -OCH3 is 1. The van der Waals surface area contributed by atoms with Crippen LogP contribution in [0.15, 0.2) is 0 Å². The summed E-state index contributed by atoms with van der Waals surface area (Å²) in [4.78, 5) is 0. The lowest BCUT2D eigenvalue weighted by atomic mass is 9.97. The van der Waals surface area contributed by atoms with Crippen LogP contribution in [0, 0.1) is 0 Å². The molecule has 2 nitrogen and oxygen atoms in total. The number of rotatable bonds is 7. The summed E-state index contributed by atoms with van der Waals surface area (Å²) in [5, 5.41) is 3.61. The Balaban J connectivity index is 3.68. The first kappa shape index (κ1) is 12.9. The summed E-state index contributed by atoms with van der Waals surface area (Å²) in [6, 6.07) is 0.543. The molecule has 0 spiro atoms. The third-order valence-electron chi connectivity index (χ3n) is 2.27. The van der Waals surface area contributed by atoms with Gasteiger partial charge in [-0.1, -0.05) is 13.3 Å². The van der Waals surface area contributed by atoms with Gasteiger partial charge in [0.2, 0.25) is 0 Å². The highest BCUT2D eigenvalue weighted by atomic mass is 16.5. The molecular formula is C11H25NO. The summed E-state index contributed by atoms with van der Waals surface area (Å²) in [6.07, 6.45) is 3.55. The van der Waals surface area contributed by atoms with Crippen LogP contribution in [0.3, 0.4) is 0 Å². The van der Waals surface area contributed by atoms with E-state index in [1.807, 2.05) is 0 Å². The highest BCUT2D eigenvalue weighted by Crippen LogP contribution is 2.12. The molecule has 0 saturated carbocycles. The fourth-order valence-electron chi connectivity index (χ4n) is 1.73. The Morgan fingerprint density at radius 2 is 2.00 bits per heavy atom. The van der Waals surface area contributed by atoms with Gasteiger partial charge < -0.3 is 10.1 Å². The third kappa shape index (κ3) is 7.03. The van der Waals surface area contributed by atoms with Crippen LogP contribution < -0.4 is 5.32 Å². The Bertz CT molecular complexity index is 123. The lowest BCUT2D eigenvalue weighted by Gasteiger charge is -2.30. The predicted molar refractivity (Wildman–Crippen MR) is 58.1 cm³/mol. The molecule has 1 atom stereocenters. The summed E-state index contributed by atoms with van der Waals surface area (Å²) in [7, 11) is 1.75. The first-order valence-corrected chi connectivity index (χ1v) is 5.28. The van der Waals surface area contributed by atoms with Gasteiger partial charge in [-0.3, -0.25) is 0 Å². The normalized spacial score (nSPS) is 14.5. The van der Waals surface area contributed by atoms with Crippen molar-refractivity contribution in [3.05, 3.63) is 0 Å². The zero-order valence-electron chi connectivity index (χ0n) is 9.81. The van der Waals surface area contributed by atoms with Crippen molar-refractivity contribution in [2.24, 2.45) is 0 Å². The van der Waals surface area contributed by atoms with Gasteiger partial charge in [0.05, 0.1) is 0 Å². The molecule has 0 fully saturated rings. The lowest BCUT2D eigenvalue weighted by Crippen LogP contribution is -2.44. The molecule has 0 aliphatic rings. The topological polar surface area (TPSA) is 21.3 Å². The zero-order chi connectivity index (χ0) is 10.3. The van der Waals surface area contributed by atoms with Crippen LogP contribution in [0.4, 0.5) is 0 Å². The summed E-state index contributed by atoms with van der Waals surface area (Å²) < 4.78 is 5.05. The maximum atomic E-state index is 5.05. The van der Waals surface area contributed by atoms with E-state index in [0.29, 0.717) is 6.04 Å². The second-order valence-electron chi connectivity index (χ2n) is 4.46. The van der Waals surface area contributed by atoms with Crippen LogP contribution in [-0.2, 0) is 4.74 Å². The molecule has 0 rings (SSSR count). The van der Waals surface area contributed by atoms with Gasteiger partial charge in [-0.25, -0.2) is 0 Å². The Morgan fingerprint density at radius 3 is 2.46 bits per heavy atom. The smallest absolute Gasteiger partial charge is 0.0476 e. The molecule has 0 aromatic heterocycles. The van der Waals surface area contributed by atoms with Crippen LogP contribution in [0.5, 0.6) is 0 Å². The summed E-state index contributed by atoms with van der Waals surface area (Å²) in [6.45, 7) is 9.82. The first-order valence-electron chi connectivity index (χ1n) is 5.28. The van der Waals surface area contributed by atoms with Gasteiger partial charge in [-0.15, -0.1) is 0 Å². The van der Waals surface area contributed by atoms with Crippen LogP contribution in [0.2, 0.25) is 0 Å². The molecule has 0 bridgehead atoms. The van der Waals surface area contributed by atoms with Crippen molar-refractivity contribution in [2.45, 2.75) is 58.5 Å². The average molecular weight is 187 g/mol. The van der Waals surface area contributed by atoms with Gasteiger partial charge >= 0.3 is 0 Å². The standard InChI is InChI=1S/C11H25NO/c1-6-8-11(3,4)12-10(2)7-9-13-5/h10,12H,6-9H2,1-5H3. The van der Waals surface area contributed by atoms with E-state index in [1.165, 1.54) is 12.8 Å². The van der Waals surface area contributed by atoms with Crippen LogP contribution >= 0.6 is 0 Å². The minimum atomic E-state index is 0.266. The highest BCUT2D eigenvalue weighted by molar-refractivity contribution is 4.79. The van der Waals surface area contributed by atoms with E-state index in [9.17, 15) is 0 Å². The largest absolute Gasteiger partial charge is 0.385 e. The van der Waals surface area contributed by atoms with Crippen molar-refractivity contribution in [1.29, 1.82) is 0 Å². The summed E-state index contributed by atoms with van der Waals surface area (Å²) >= 11 is 0. The van der Waals surface area contributed by atoms with E-state index in [4.69, 9.17) is 4.74 Å². The fourth-order valence-corrected chi connectivity index (χ4v) is 1.73. The van der Waals surface area contributed by atoms with Crippen molar-refractivity contribution in [1.82, 2.24) is 5.32 Å². The zero-order valence-corrected chi connectivity index (χ0v) is 9.81. The molecule has 0 aromatic rings. The number of nitrogens with one attached hydrogen (secondary N) is 1. The molecule has 80 valence electrons. The Morgan fingerprint density at radius 1 is 1.38 bits per heavy atom. The minimum Gasteiger partial charge on any atom is -0.385 e. The van der Waals surface area contributed by atoms with Gasteiger partial charge in [0, 0.05) is 25.3 Å². The second-order valence-corrected chi connectivity index (χ2v) is 4.46. The van der Waals surface area contributed by atoms with Gasteiger partial charge in [-0.05, 0) is 33.6 Å². The first-order chi connectivity index (χ1) is 6.02. The van der Waals surface area contributed by atoms with Crippen molar-refractivity contribution >= 4 is 0 Å². The Kier molecular flexibility index (Phi) is 6.35. The van der Waals surface area contributed by atoms with Crippen molar-refractivity contribution in [2.75, 3.05) is 13.7 Å². The Labute approximate surface area is 83.1 Å². The number of hydrogen-bond acceptors (Lipinski definition) is 2. The molecule has 2 heteroatoms. The van der Waals surface area contributed by atoms with E-state index in [-0.39, 0.29) is 5.54 Å². The fraction of sp³-hybridized carbons (Fsp3) is 1.00. The van der Waals surface area contributed by atoms with Gasteiger partial charge in [-0.2, -0.15) is 0 Å². The Hall–Kier alpha value is -0.0800.